The van der Waals surface area contributed by atoms with Crippen LogP contribution in [-0.4, -0.2) is 17.0 Å². The van der Waals surface area contributed by atoms with Gasteiger partial charge in [-0.15, -0.1) is 0 Å². The molecule has 0 aromatic rings. The second-order valence-corrected chi connectivity index (χ2v) is 4.86. The van der Waals surface area contributed by atoms with Gasteiger partial charge in [-0.25, -0.2) is 4.79 Å². The van der Waals surface area contributed by atoms with Gasteiger partial charge in [0.15, 0.2) is 0 Å². The van der Waals surface area contributed by atoms with Gasteiger partial charge in [0.25, 0.3) is 0 Å². The molecule has 2 nitrogen and oxygen atoms in total. The standard InChI is InChI=1S/C12H19IO2/c1-5-15-11(14)8-10(2)6-7-12(3,4)9-13/h6-8H,5,9H2,1-4H3. The van der Waals surface area contributed by atoms with Crippen molar-refractivity contribution in [3.05, 3.63) is 23.8 Å². The molecule has 0 aliphatic heterocycles. The number of hydrogen-bond acceptors (Lipinski definition) is 2. The van der Waals surface area contributed by atoms with E-state index in [1.807, 2.05) is 13.0 Å². The van der Waals surface area contributed by atoms with Crippen molar-refractivity contribution in [2.24, 2.45) is 5.41 Å². The first kappa shape index (κ1) is 14.7. The molecule has 0 aromatic heterocycles. The molecule has 0 aliphatic carbocycles. The fraction of sp³-hybridized carbons (Fsp3) is 0.583. The number of alkyl halides is 1. The topological polar surface area (TPSA) is 26.3 Å². The third kappa shape index (κ3) is 7.59. The van der Waals surface area contributed by atoms with E-state index in [0.29, 0.717) is 6.61 Å². The Morgan fingerprint density at radius 1 is 1.47 bits per heavy atom. The highest BCUT2D eigenvalue weighted by atomic mass is 127. The molecule has 3 heteroatoms. The zero-order chi connectivity index (χ0) is 11.9. The van der Waals surface area contributed by atoms with E-state index in [4.69, 9.17) is 4.74 Å². The highest BCUT2D eigenvalue weighted by Gasteiger charge is 2.10. The lowest BCUT2D eigenvalue weighted by Gasteiger charge is -2.15. The van der Waals surface area contributed by atoms with Gasteiger partial charge in [0, 0.05) is 10.5 Å². The Hall–Kier alpha value is -0.320. The predicted molar refractivity (Wildman–Crippen MR) is 72.2 cm³/mol. The lowest BCUT2D eigenvalue weighted by atomic mass is 9.95. The minimum atomic E-state index is -0.271. The van der Waals surface area contributed by atoms with Gasteiger partial charge < -0.3 is 4.74 Å². The summed E-state index contributed by atoms with van der Waals surface area (Å²) >= 11 is 2.35. The van der Waals surface area contributed by atoms with Crippen molar-refractivity contribution < 1.29 is 9.53 Å². The normalized spacial score (nSPS) is 13.3. The van der Waals surface area contributed by atoms with Crippen LogP contribution in [0.5, 0.6) is 0 Å². The molecule has 0 saturated heterocycles. The summed E-state index contributed by atoms with van der Waals surface area (Å²) in [6.45, 7) is 8.44. The predicted octanol–water partition coefficient (Wildman–Crippen LogP) is 3.51. The number of ether oxygens (including phenoxy) is 1. The van der Waals surface area contributed by atoms with E-state index < -0.39 is 0 Å². The largest absolute Gasteiger partial charge is 0.463 e. The van der Waals surface area contributed by atoms with Gasteiger partial charge in [-0.3, -0.25) is 0 Å². The second kappa shape index (κ2) is 7.04. The molecule has 0 rings (SSSR count). The summed E-state index contributed by atoms with van der Waals surface area (Å²) < 4.78 is 5.87. The molecule has 0 amide bonds. The molecule has 0 fully saturated rings. The summed E-state index contributed by atoms with van der Waals surface area (Å²) in [7, 11) is 0. The number of esters is 1. The number of rotatable bonds is 5. The SMILES string of the molecule is CCOC(=O)C=C(C)C=CC(C)(C)CI. The molecule has 0 spiro atoms. The van der Waals surface area contributed by atoms with E-state index >= 15 is 0 Å². The smallest absolute Gasteiger partial charge is 0.330 e. The second-order valence-electron chi connectivity index (χ2n) is 4.10. The summed E-state index contributed by atoms with van der Waals surface area (Å²) in [5.41, 5.74) is 1.09. The Balaban J connectivity index is 4.35. The van der Waals surface area contributed by atoms with Crippen LogP contribution in [0.15, 0.2) is 23.8 Å². The number of halogens is 1. The van der Waals surface area contributed by atoms with Crippen molar-refractivity contribution in [3.8, 4) is 0 Å². The van der Waals surface area contributed by atoms with Gasteiger partial charge in [-0.05, 0) is 24.8 Å². The van der Waals surface area contributed by atoms with Gasteiger partial charge in [0.2, 0.25) is 0 Å². The molecular formula is C12H19IO2. The molecular weight excluding hydrogens is 303 g/mol. The molecule has 0 bridgehead atoms. The number of allylic oxidation sites excluding steroid dienone is 3. The molecule has 0 aliphatic rings. The van der Waals surface area contributed by atoms with Crippen LogP contribution >= 0.6 is 22.6 Å². The van der Waals surface area contributed by atoms with Crippen molar-refractivity contribution in [1.29, 1.82) is 0 Å². The molecule has 86 valence electrons. The lowest BCUT2D eigenvalue weighted by molar-refractivity contribution is -0.137. The quantitative estimate of drug-likeness (QED) is 0.255. The van der Waals surface area contributed by atoms with E-state index in [0.717, 1.165) is 10.0 Å². The zero-order valence-electron chi connectivity index (χ0n) is 9.84. The molecule has 0 N–H and O–H groups in total. The van der Waals surface area contributed by atoms with Crippen LogP contribution in [-0.2, 0) is 9.53 Å². The van der Waals surface area contributed by atoms with Crippen LogP contribution in [0.4, 0.5) is 0 Å². The Morgan fingerprint density at radius 2 is 2.07 bits per heavy atom. The average molecular weight is 322 g/mol. The first-order valence-corrected chi connectivity index (χ1v) is 6.54. The third-order valence-corrected chi connectivity index (χ3v) is 3.74. The van der Waals surface area contributed by atoms with Crippen molar-refractivity contribution >= 4 is 28.6 Å². The van der Waals surface area contributed by atoms with Crippen molar-refractivity contribution in [1.82, 2.24) is 0 Å². The highest BCUT2D eigenvalue weighted by molar-refractivity contribution is 14.1. The van der Waals surface area contributed by atoms with E-state index in [-0.39, 0.29) is 11.4 Å². The molecule has 0 unspecified atom stereocenters. The van der Waals surface area contributed by atoms with Crippen molar-refractivity contribution in [2.45, 2.75) is 27.7 Å². The maximum atomic E-state index is 11.1. The summed E-state index contributed by atoms with van der Waals surface area (Å²) in [6, 6.07) is 0. The van der Waals surface area contributed by atoms with Crippen LogP contribution in [0.1, 0.15) is 27.7 Å². The average Bonchev–Trinajstić information content (AvgIpc) is 2.15. The Bertz CT molecular complexity index is 265. The van der Waals surface area contributed by atoms with Gasteiger partial charge in [-0.1, -0.05) is 48.6 Å². The van der Waals surface area contributed by atoms with Crippen LogP contribution in [0.2, 0.25) is 0 Å². The van der Waals surface area contributed by atoms with E-state index in [1.165, 1.54) is 6.08 Å². The van der Waals surface area contributed by atoms with Gasteiger partial charge in [-0.2, -0.15) is 0 Å². The first-order chi connectivity index (χ1) is 6.91. The van der Waals surface area contributed by atoms with E-state index in [9.17, 15) is 4.79 Å². The minimum Gasteiger partial charge on any atom is -0.463 e. The minimum absolute atomic E-state index is 0.171. The Labute approximate surface area is 106 Å². The van der Waals surface area contributed by atoms with E-state index in [2.05, 4.69) is 42.5 Å². The summed E-state index contributed by atoms with van der Waals surface area (Å²) in [5.74, 6) is -0.271. The van der Waals surface area contributed by atoms with Crippen LogP contribution < -0.4 is 0 Å². The summed E-state index contributed by atoms with van der Waals surface area (Å²) in [4.78, 5) is 11.1. The summed E-state index contributed by atoms with van der Waals surface area (Å²) in [5, 5.41) is 0. The lowest BCUT2D eigenvalue weighted by Crippen LogP contribution is -2.08. The van der Waals surface area contributed by atoms with Gasteiger partial charge >= 0.3 is 5.97 Å². The monoisotopic (exact) mass is 322 g/mol. The molecule has 0 saturated carbocycles. The third-order valence-electron chi connectivity index (χ3n) is 1.77. The van der Waals surface area contributed by atoms with Gasteiger partial charge in [0.1, 0.15) is 0 Å². The van der Waals surface area contributed by atoms with Crippen LogP contribution in [0, 0.1) is 5.41 Å². The molecule has 0 heterocycles. The number of hydrogen-bond donors (Lipinski definition) is 0. The van der Waals surface area contributed by atoms with E-state index in [1.54, 1.807) is 6.92 Å². The maximum absolute atomic E-state index is 11.1. The van der Waals surface area contributed by atoms with Gasteiger partial charge in [0.05, 0.1) is 6.61 Å². The first-order valence-electron chi connectivity index (χ1n) is 5.01. The number of carbonyl (C=O) groups is 1. The number of carbonyl (C=O) groups excluding carboxylic acids is 1. The molecule has 0 radical (unpaired) electrons. The molecule has 15 heavy (non-hydrogen) atoms. The van der Waals surface area contributed by atoms with Crippen molar-refractivity contribution in [2.75, 3.05) is 11.0 Å². The molecule has 0 aromatic carbocycles. The van der Waals surface area contributed by atoms with Crippen molar-refractivity contribution in [3.63, 3.8) is 0 Å². The highest BCUT2D eigenvalue weighted by Crippen LogP contribution is 2.20. The Morgan fingerprint density at radius 3 is 2.53 bits per heavy atom. The van der Waals surface area contributed by atoms with Crippen LogP contribution in [0.3, 0.4) is 0 Å². The summed E-state index contributed by atoms with van der Waals surface area (Å²) in [6.07, 6.45) is 5.60. The maximum Gasteiger partial charge on any atom is 0.330 e. The fourth-order valence-electron chi connectivity index (χ4n) is 0.820. The molecule has 0 atom stereocenters. The Kier molecular flexibility index (Phi) is 6.89. The van der Waals surface area contributed by atoms with Crippen LogP contribution in [0.25, 0.3) is 0 Å². The fourth-order valence-corrected chi connectivity index (χ4v) is 1.07. The zero-order valence-corrected chi connectivity index (χ0v) is 12.0.